The number of allylic oxidation sites excluding steroid dienone is 2. The molecule has 0 aromatic heterocycles. The molecule has 0 radical (unpaired) electrons. The van der Waals surface area contributed by atoms with Crippen LogP contribution in [0.1, 0.15) is 137 Å². The van der Waals surface area contributed by atoms with Gasteiger partial charge < -0.3 is 24.8 Å². The van der Waals surface area contributed by atoms with Crippen LogP contribution in [0.25, 0.3) is 0 Å². The van der Waals surface area contributed by atoms with E-state index in [1.807, 2.05) is 13.8 Å². The van der Waals surface area contributed by atoms with E-state index in [0.29, 0.717) is 26.0 Å². The Balaban J connectivity index is 1.96. The molecule has 8 heteroatoms. The quantitative estimate of drug-likeness (QED) is 0.0560. The van der Waals surface area contributed by atoms with Gasteiger partial charge in [0.05, 0.1) is 19.3 Å². The molecule has 1 saturated heterocycles. The predicted molar refractivity (Wildman–Crippen MR) is 169 cm³/mol. The number of carbonyl (C=O) groups excluding carboxylic acids is 3. The lowest BCUT2D eigenvalue weighted by molar-refractivity contribution is -0.304. The Hall–Kier alpha value is -2.19. The first-order valence-corrected chi connectivity index (χ1v) is 16.4. The monoisotopic (exact) mass is 592 g/mol. The van der Waals surface area contributed by atoms with Gasteiger partial charge in [-0.3, -0.25) is 14.4 Å². The third kappa shape index (κ3) is 19.1. The molecule has 1 rings (SSSR count). The lowest BCUT2D eigenvalue weighted by atomic mass is 9.85. The molecule has 0 saturated carbocycles. The molecule has 0 aromatic rings. The molecule has 0 spiro atoms. The lowest BCUT2D eigenvalue weighted by Crippen LogP contribution is -2.56. The number of carbonyl (C=O) groups is 3. The highest BCUT2D eigenvalue weighted by molar-refractivity contribution is 5.82. The van der Waals surface area contributed by atoms with Gasteiger partial charge in [-0.25, -0.2) is 0 Å². The highest BCUT2D eigenvalue weighted by Crippen LogP contribution is 2.34. The molecule has 1 atom stereocenters. The number of hydrogen-bond donors (Lipinski definition) is 2. The van der Waals surface area contributed by atoms with E-state index in [1.54, 1.807) is 19.9 Å². The molecule has 8 nitrogen and oxygen atoms in total. The molecular weight excluding hydrogens is 532 g/mol. The predicted octanol–water partition coefficient (Wildman–Crippen LogP) is 7.27. The summed E-state index contributed by atoms with van der Waals surface area (Å²) in [5, 5.41) is 5.66. The van der Waals surface area contributed by atoms with Crippen molar-refractivity contribution < 1.29 is 28.6 Å². The number of esters is 1. The van der Waals surface area contributed by atoms with Crippen molar-refractivity contribution in [3.05, 3.63) is 24.5 Å². The van der Waals surface area contributed by atoms with E-state index in [9.17, 15) is 14.4 Å². The number of unbranched alkanes of at least 4 members (excludes halogenated alkanes) is 11. The number of rotatable bonds is 23. The van der Waals surface area contributed by atoms with Gasteiger partial charge in [0.1, 0.15) is 6.10 Å². The molecule has 0 aliphatic carbocycles. The van der Waals surface area contributed by atoms with Crippen LogP contribution in [0.4, 0.5) is 0 Å². The zero-order valence-corrected chi connectivity index (χ0v) is 27.3. The maximum atomic E-state index is 12.6. The molecule has 242 valence electrons. The number of hydrogen-bond acceptors (Lipinski definition) is 6. The van der Waals surface area contributed by atoms with Gasteiger partial charge in [0.2, 0.25) is 11.8 Å². The summed E-state index contributed by atoms with van der Waals surface area (Å²) in [4.78, 5) is 36.5. The Morgan fingerprint density at radius 3 is 2.05 bits per heavy atom. The highest BCUT2D eigenvalue weighted by Gasteiger charge is 2.45. The average Bonchev–Trinajstić information content (AvgIpc) is 2.94. The summed E-state index contributed by atoms with van der Waals surface area (Å²) in [5.74, 6) is -1.47. The summed E-state index contributed by atoms with van der Waals surface area (Å²) in [6.45, 7) is 10.7. The van der Waals surface area contributed by atoms with Crippen LogP contribution in [0.5, 0.6) is 0 Å². The molecule has 1 aliphatic heterocycles. The first-order chi connectivity index (χ1) is 20.1. The Bertz CT molecular complexity index is 821. The number of nitrogens with one attached hydrogen (secondary N) is 2. The van der Waals surface area contributed by atoms with Crippen molar-refractivity contribution in [1.29, 1.82) is 0 Å². The van der Waals surface area contributed by atoms with Gasteiger partial charge in [-0.05, 0) is 58.4 Å². The largest absolute Gasteiger partial charge is 0.435 e. The summed E-state index contributed by atoms with van der Waals surface area (Å²) < 4.78 is 16.5. The zero-order valence-electron chi connectivity index (χ0n) is 27.3. The van der Waals surface area contributed by atoms with E-state index in [-0.39, 0.29) is 24.8 Å². The van der Waals surface area contributed by atoms with Gasteiger partial charge in [-0.1, -0.05) is 84.3 Å². The molecule has 1 heterocycles. The second-order valence-electron chi connectivity index (χ2n) is 12.6. The van der Waals surface area contributed by atoms with Crippen LogP contribution in [-0.2, 0) is 28.6 Å². The molecular formula is C34H60N2O6. The average molecular weight is 593 g/mol. The smallest absolute Gasteiger partial charge is 0.312 e. The van der Waals surface area contributed by atoms with Crippen molar-refractivity contribution in [2.75, 3.05) is 19.7 Å². The molecule has 42 heavy (non-hydrogen) atoms. The lowest BCUT2D eigenvalue weighted by Gasteiger charge is -2.44. The summed E-state index contributed by atoms with van der Waals surface area (Å²) >= 11 is 0. The van der Waals surface area contributed by atoms with Crippen molar-refractivity contribution in [1.82, 2.24) is 10.6 Å². The van der Waals surface area contributed by atoms with Gasteiger partial charge in [0.25, 0.3) is 0 Å². The Labute approximate surface area is 255 Å². The van der Waals surface area contributed by atoms with Gasteiger partial charge in [0, 0.05) is 24.9 Å². The molecule has 0 bridgehead atoms. The van der Waals surface area contributed by atoms with Gasteiger partial charge in [-0.2, -0.15) is 0 Å². The molecule has 1 fully saturated rings. The van der Waals surface area contributed by atoms with E-state index in [0.717, 1.165) is 12.8 Å². The van der Waals surface area contributed by atoms with Crippen molar-refractivity contribution in [2.24, 2.45) is 5.41 Å². The molecule has 0 aromatic carbocycles. The van der Waals surface area contributed by atoms with Crippen LogP contribution in [0, 0.1) is 5.41 Å². The Kier molecular flexibility index (Phi) is 20.1. The maximum Gasteiger partial charge on any atom is 0.312 e. The second kappa shape index (κ2) is 22.4. The molecule has 1 unspecified atom stereocenters. The van der Waals surface area contributed by atoms with E-state index in [2.05, 4.69) is 29.7 Å². The van der Waals surface area contributed by atoms with Crippen molar-refractivity contribution >= 4 is 17.8 Å². The van der Waals surface area contributed by atoms with Crippen LogP contribution in [0.15, 0.2) is 24.5 Å². The van der Waals surface area contributed by atoms with Crippen LogP contribution >= 0.6 is 0 Å². The number of amides is 2. The minimum atomic E-state index is -0.829. The third-order valence-corrected chi connectivity index (χ3v) is 7.36. The van der Waals surface area contributed by atoms with Crippen LogP contribution in [-0.4, -0.2) is 49.4 Å². The minimum Gasteiger partial charge on any atom is -0.435 e. The van der Waals surface area contributed by atoms with Crippen molar-refractivity contribution in [3.8, 4) is 0 Å². The van der Waals surface area contributed by atoms with Crippen LogP contribution < -0.4 is 10.6 Å². The second-order valence-corrected chi connectivity index (χ2v) is 12.6. The fourth-order valence-corrected chi connectivity index (χ4v) is 4.69. The standard InChI is InChI=1S/C34H60N2O6/c1-6-7-8-9-10-11-12-13-14-15-16-17-18-19-20-23-29(37)35-25-21-22-27-40-30(38)24-26-36-32(39)31-33(2,3)28-41-34(4,5)42-31/h13-14,22,27,31H,6-12,15-21,23-26,28H2,1-5H3,(H,35,37)(H,36,39). The number of ether oxygens (including phenoxy) is 3. The van der Waals surface area contributed by atoms with E-state index < -0.39 is 23.3 Å². The SMILES string of the molecule is CCCCCCCCC=CCCCCCCCC(=O)NCCC=COC(=O)CCNC(=O)C1OC(C)(C)OCC1(C)C. The first-order valence-electron chi connectivity index (χ1n) is 16.4. The minimum absolute atomic E-state index is 0.0514. The van der Waals surface area contributed by atoms with Crippen molar-refractivity contribution in [3.63, 3.8) is 0 Å². The first kappa shape index (κ1) is 37.8. The van der Waals surface area contributed by atoms with E-state index in [1.165, 1.54) is 76.9 Å². The van der Waals surface area contributed by atoms with E-state index >= 15 is 0 Å². The normalized spacial score (nSPS) is 17.9. The topological polar surface area (TPSA) is 103 Å². The summed E-state index contributed by atoms with van der Waals surface area (Å²) in [7, 11) is 0. The van der Waals surface area contributed by atoms with Crippen molar-refractivity contribution in [2.45, 2.75) is 149 Å². The molecule has 2 N–H and O–H groups in total. The maximum absolute atomic E-state index is 12.6. The van der Waals surface area contributed by atoms with Crippen LogP contribution in [0.2, 0.25) is 0 Å². The summed E-state index contributed by atoms with van der Waals surface area (Å²) in [5.41, 5.74) is -0.470. The summed E-state index contributed by atoms with van der Waals surface area (Å²) in [6, 6.07) is 0. The van der Waals surface area contributed by atoms with Crippen LogP contribution in [0.3, 0.4) is 0 Å². The Morgan fingerprint density at radius 1 is 0.762 bits per heavy atom. The fraction of sp³-hybridized carbons (Fsp3) is 0.794. The van der Waals surface area contributed by atoms with Gasteiger partial charge in [0.15, 0.2) is 5.79 Å². The molecule has 2 amide bonds. The van der Waals surface area contributed by atoms with E-state index in [4.69, 9.17) is 14.2 Å². The highest BCUT2D eigenvalue weighted by atomic mass is 16.7. The summed E-state index contributed by atoms with van der Waals surface area (Å²) in [6.07, 6.45) is 24.4. The molecule has 1 aliphatic rings. The zero-order chi connectivity index (χ0) is 31.1. The third-order valence-electron chi connectivity index (χ3n) is 7.36. The Morgan fingerprint density at radius 2 is 1.38 bits per heavy atom. The van der Waals surface area contributed by atoms with Gasteiger partial charge in [-0.15, -0.1) is 0 Å². The van der Waals surface area contributed by atoms with Gasteiger partial charge >= 0.3 is 5.97 Å². The fourth-order valence-electron chi connectivity index (χ4n) is 4.69.